The van der Waals surface area contributed by atoms with Crippen molar-refractivity contribution in [2.45, 2.75) is 25.1 Å². The number of nitrogens with zero attached hydrogens (tertiary/aromatic N) is 3. The Morgan fingerprint density at radius 2 is 1.87 bits per heavy atom. The number of anilines is 2. The third kappa shape index (κ3) is 5.01. The molecule has 5 rings (SSSR count). The van der Waals surface area contributed by atoms with Gasteiger partial charge in [-0.05, 0) is 54.8 Å². The van der Waals surface area contributed by atoms with Crippen LogP contribution in [0, 0.1) is 0 Å². The second kappa shape index (κ2) is 9.97. The first kappa shape index (κ1) is 25.5. The Morgan fingerprint density at radius 3 is 2.58 bits per heavy atom. The van der Waals surface area contributed by atoms with Crippen LogP contribution < -0.4 is 15.9 Å². The number of methoxy groups -OCH3 is 1. The smallest absolute Gasteiger partial charge is 0.381 e. The fourth-order valence-corrected chi connectivity index (χ4v) is 4.75. The predicted molar refractivity (Wildman–Crippen MR) is 138 cm³/mol. The minimum absolute atomic E-state index is 0.0440. The summed E-state index contributed by atoms with van der Waals surface area (Å²) >= 11 is 0. The predicted octanol–water partition coefficient (Wildman–Crippen LogP) is 4.81. The SMILES string of the molecule is COC1CCN(c2ccc(NC(=O)c3cccc(-c4cnc5[nH]c(=O)n(C)c5c4)c3)cc2C(F)(F)F)CC1. The molecule has 0 atom stereocenters. The average molecular weight is 526 g/mol. The monoisotopic (exact) mass is 525 g/mol. The van der Waals surface area contributed by atoms with Crippen LogP contribution in [0.3, 0.4) is 0 Å². The van der Waals surface area contributed by atoms with E-state index in [-0.39, 0.29) is 28.7 Å². The maximum absolute atomic E-state index is 14.0. The molecule has 1 aliphatic rings. The standard InChI is InChI=1S/C27H26F3N5O3/c1-34-23-13-18(15-31-24(23)33-26(34)37)16-4-3-5-17(12-16)25(36)32-19-6-7-22(21(14-19)27(28,29)30)35-10-8-20(38-2)9-11-35/h3-7,12-15,20H,8-11H2,1-2H3,(H,32,36)(H,31,33,37). The number of H-pyrrole nitrogens is 1. The van der Waals surface area contributed by atoms with E-state index >= 15 is 0 Å². The number of ether oxygens (including phenoxy) is 1. The average Bonchev–Trinajstić information content (AvgIpc) is 3.20. The summed E-state index contributed by atoms with van der Waals surface area (Å²) in [5.74, 6) is -0.545. The van der Waals surface area contributed by atoms with Crippen LogP contribution in [0.1, 0.15) is 28.8 Å². The summed E-state index contributed by atoms with van der Waals surface area (Å²) in [7, 11) is 3.23. The van der Waals surface area contributed by atoms with Crippen LogP contribution in [-0.4, -0.2) is 46.7 Å². The molecule has 3 heterocycles. The number of carbonyl (C=O) groups excluding carboxylic acids is 1. The Bertz CT molecular complexity index is 1550. The zero-order valence-electron chi connectivity index (χ0n) is 20.8. The van der Waals surface area contributed by atoms with E-state index in [1.54, 1.807) is 55.6 Å². The molecule has 2 N–H and O–H groups in total. The Labute approximate surface area is 216 Å². The maximum atomic E-state index is 14.0. The number of hydrogen-bond acceptors (Lipinski definition) is 5. The van der Waals surface area contributed by atoms with Crippen molar-refractivity contribution in [3.8, 4) is 11.1 Å². The molecular weight excluding hydrogens is 499 g/mol. The molecule has 1 amide bonds. The van der Waals surface area contributed by atoms with Crippen LogP contribution in [0.4, 0.5) is 24.5 Å². The van der Waals surface area contributed by atoms with E-state index in [0.717, 1.165) is 6.07 Å². The third-order valence-electron chi connectivity index (χ3n) is 6.89. The van der Waals surface area contributed by atoms with Crippen molar-refractivity contribution in [2.75, 3.05) is 30.4 Å². The molecule has 0 radical (unpaired) electrons. The van der Waals surface area contributed by atoms with Crippen LogP contribution >= 0.6 is 0 Å². The number of nitrogens with one attached hydrogen (secondary N) is 2. The van der Waals surface area contributed by atoms with Gasteiger partial charge in [-0.15, -0.1) is 0 Å². The van der Waals surface area contributed by atoms with E-state index in [1.165, 1.54) is 16.7 Å². The molecule has 1 fully saturated rings. The van der Waals surface area contributed by atoms with E-state index in [1.807, 2.05) is 0 Å². The molecule has 0 aliphatic carbocycles. The highest BCUT2D eigenvalue weighted by atomic mass is 19.4. The van der Waals surface area contributed by atoms with Crippen LogP contribution in [-0.2, 0) is 18.0 Å². The van der Waals surface area contributed by atoms with Gasteiger partial charge in [-0.2, -0.15) is 13.2 Å². The van der Waals surface area contributed by atoms with Gasteiger partial charge in [0.2, 0.25) is 0 Å². The van der Waals surface area contributed by atoms with Crippen LogP contribution in [0.15, 0.2) is 59.5 Å². The fourth-order valence-electron chi connectivity index (χ4n) is 4.75. The van der Waals surface area contributed by atoms with Crippen LogP contribution in [0.25, 0.3) is 22.3 Å². The van der Waals surface area contributed by atoms with Gasteiger partial charge in [0.1, 0.15) is 0 Å². The lowest BCUT2D eigenvalue weighted by Crippen LogP contribution is -2.37. The normalized spacial score (nSPS) is 14.7. The lowest BCUT2D eigenvalue weighted by atomic mass is 10.0. The number of aromatic amines is 1. The van der Waals surface area contributed by atoms with E-state index in [9.17, 15) is 22.8 Å². The second-order valence-corrected chi connectivity index (χ2v) is 9.27. The largest absolute Gasteiger partial charge is 0.418 e. The molecule has 0 bridgehead atoms. The number of amides is 1. The van der Waals surface area contributed by atoms with Crippen LogP contribution in [0.5, 0.6) is 0 Å². The number of alkyl halides is 3. The van der Waals surface area contributed by atoms with E-state index in [0.29, 0.717) is 48.2 Å². The number of rotatable bonds is 5. The summed E-state index contributed by atoms with van der Waals surface area (Å²) in [6.45, 7) is 0.912. The van der Waals surface area contributed by atoms with Gasteiger partial charge in [0.25, 0.3) is 5.91 Å². The van der Waals surface area contributed by atoms with Crippen molar-refractivity contribution in [1.82, 2.24) is 14.5 Å². The summed E-state index contributed by atoms with van der Waals surface area (Å²) in [5, 5.41) is 2.59. The van der Waals surface area contributed by atoms with Crippen molar-refractivity contribution in [3.05, 3.63) is 76.3 Å². The number of carbonyl (C=O) groups is 1. The summed E-state index contributed by atoms with van der Waals surface area (Å²) in [6.07, 6.45) is -1.67. The molecule has 0 saturated carbocycles. The molecule has 1 aliphatic heterocycles. The Kier molecular flexibility index (Phi) is 6.70. The number of benzene rings is 2. The first-order valence-corrected chi connectivity index (χ1v) is 12.1. The molecule has 0 spiro atoms. The lowest BCUT2D eigenvalue weighted by molar-refractivity contribution is -0.137. The van der Waals surface area contributed by atoms with Gasteiger partial charge in [0, 0.05) is 55.9 Å². The minimum atomic E-state index is -4.59. The molecule has 198 valence electrons. The third-order valence-corrected chi connectivity index (χ3v) is 6.89. The van der Waals surface area contributed by atoms with Gasteiger partial charge in [-0.1, -0.05) is 12.1 Å². The number of aryl methyl sites for hydroxylation is 1. The van der Waals surface area contributed by atoms with Gasteiger partial charge in [-0.25, -0.2) is 9.78 Å². The molecule has 38 heavy (non-hydrogen) atoms. The van der Waals surface area contributed by atoms with Gasteiger partial charge < -0.3 is 15.0 Å². The first-order valence-electron chi connectivity index (χ1n) is 12.1. The number of hydrogen-bond donors (Lipinski definition) is 2. The Hall–Kier alpha value is -4.12. The van der Waals surface area contributed by atoms with Crippen molar-refractivity contribution < 1.29 is 22.7 Å². The topological polar surface area (TPSA) is 92.2 Å². The highest BCUT2D eigenvalue weighted by Gasteiger charge is 2.36. The quantitative estimate of drug-likeness (QED) is 0.390. The number of fused-ring (bicyclic) bond motifs is 1. The van der Waals surface area contributed by atoms with Crippen molar-refractivity contribution in [3.63, 3.8) is 0 Å². The zero-order chi connectivity index (χ0) is 27.0. The van der Waals surface area contributed by atoms with Crippen molar-refractivity contribution in [2.24, 2.45) is 7.05 Å². The van der Waals surface area contributed by atoms with Gasteiger partial charge in [0.15, 0.2) is 5.65 Å². The highest BCUT2D eigenvalue weighted by Crippen LogP contribution is 2.39. The van der Waals surface area contributed by atoms with Gasteiger partial charge in [0.05, 0.1) is 17.2 Å². The summed E-state index contributed by atoms with van der Waals surface area (Å²) in [4.78, 5) is 33.5. The summed E-state index contributed by atoms with van der Waals surface area (Å²) < 4.78 is 48.7. The molecule has 2 aromatic carbocycles. The zero-order valence-corrected chi connectivity index (χ0v) is 20.8. The molecule has 4 aromatic rings. The fraction of sp³-hybridized carbons (Fsp3) is 0.296. The highest BCUT2D eigenvalue weighted by molar-refractivity contribution is 6.05. The van der Waals surface area contributed by atoms with Crippen molar-refractivity contribution in [1.29, 1.82) is 0 Å². The number of halogens is 3. The Morgan fingerprint density at radius 1 is 1.11 bits per heavy atom. The maximum Gasteiger partial charge on any atom is 0.418 e. The number of aromatic nitrogens is 3. The first-order chi connectivity index (χ1) is 18.1. The molecular formula is C27H26F3N5O3. The van der Waals surface area contributed by atoms with Gasteiger partial charge in [-0.3, -0.25) is 14.3 Å². The molecule has 2 aromatic heterocycles. The summed E-state index contributed by atoms with van der Waals surface area (Å²) in [6, 6.07) is 12.3. The number of imidazole rings is 1. The number of piperidine rings is 1. The van der Waals surface area contributed by atoms with E-state index in [4.69, 9.17) is 4.74 Å². The Balaban J connectivity index is 1.39. The molecule has 11 heteroatoms. The molecule has 0 unspecified atom stereocenters. The second-order valence-electron chi connectivity index (χ2n) is 9.27. The van der Waals surface area contributed by atoms with Crippen LogP contribution in [0.2, 0.25) is 0 Å². The van der Waals surface area contributed by atoms with E-state index in [2.05, 4.69) is 15.3 Å². The number of pyridine rings is 1. The summed E-state index contributed by atoms with van der Waals surface area (Å²) in [5.41, 5.74) is 1.73. The molecule has 1 saturated heterocycles. The minimum Gasteiger partial charge on any atom is -0.381 e. The molecule has 8 nitrogen and oxygen atoms in total. The van der Waals surface area contributed by atoms with E-state index < -0.39 is 17.6 Å². The lowest BCUT2D eigenvalue weighted by Gasteiger charge is -2.34. The van der Waals surface area contributed by atoms with Crippen molar-refractivity contribution >= 4 is 28.4 Å². The van der Waals surface area contributed by atoms with Gasteiger partial charge >= 0.3 is 11.9 Å².